The smallest absolute Gasteiger partial charge is 0.308 e. The Bertz CT molecular complexity index is 754. The van der Waals surface area contributed by atoms with Gasteiger partial charge in [0.25, 0.3) is 0 Å². The predicted molar refractivity (Wildman–Crippen MR) is 83.4 cm³/mol. The molecule has 1 unspecified atom stereocenters. The Labute approximate surface area is 137 Å². The van der Waals surface area contributed by atoms with Crippen LogP contribution in [-0.2, 0) is 4.79 Å². The third kappa shape index (κ3) is 3.46. The molecule has 3 rings (SSSR count). The molecule has 118 valence electrons. The highest BCUT2D eigenvalue weighted by molar-refractivity contribution is 6.30. The second-order valence-electron chi connectivity index (χ2n) is 4.99. The number of carbonyl (C=O) groups is 2. The first kappa shape index (κ1) is 15.4. The normalized spacial score (nSPS) is 16.3. The lowest BCUT2D eigenvalue weighted by Crippen LogP contribution is -2.37. The Kier molecular flexibility index (Phi) is 4.21. The van der Waals surface area contributed by atoms with Gasteiger partial charge in [-0.05, 0) is 36.4 Å². The van der Waals surface area contributed by atoms with Gasteiger partial charge in [0.2, 0.25) is 5.78 Å². The number of hydrogen-bond donors (Lipinski definition) is 0. The predicted octanol–water partition coefficient (Wildman–Crippen LogP) is 3.29. The number of carbonyl (C=O) groups excluding carboxylic acids is 2. The number of rotatable bonds is 3. The number of benzene rings is 2. The van der Waals surface area contributed by atoms with Crippen molar-refractivity contribution in [2.24, 2.45) is 0 Å². The molecule has 0 bridgehead atoms. The lowest BCUT2D eigenvalue weighted by atomic mass is 10.0. The van der Waals surface area contributed by atoms with E-state index in [-0.39, 0.29) is 12.4 Å². The van der Waals surface area contributed by atoms with Crippen LogP contribution in [0, 0.1) is 0 Å². The van der Waals surface area contributed by atoms with Crippen molar-refractivity contribution in [1.82, 2.24) is 0 Å². The quantitative estimate of drug-likeness (QED) is 0.637. The molecule has 23 heavy (non-hydrogen) atoms. The van der Waals surface area contributed by atoms with Gasteiger partial charge in [0, 0.05) is 18.0 Å². The molecule has 0 N–H and O–H groups in total. The number of hydrogen-bond acceptors (Lipinski definition) is 5. The van der Waals surface area contributed by atoms with Crippen molar-refractivity contribution in [3.05, 3.63) is 53.1 Å². The van der Waals surface area contributed by atoms with E-state index in [4.69, 9.17) is 25.8 Å². The van der Waals surface area contributed by atoms with Gasteiger partial charge >= 0.3 is 5.97 Å². The van der Waals surface area contributed by atoms with Gasteiger partial charge in [0.05, 0.1) is 5.56 Å². The van der Waals surface area contributed by atoms with E-state index < -0.39 is 12.1 Å². The van der Waals surface area contributed by atoms with E-state index in [0.717, 1.165) is 0 Å². The van der Waals surface area contributed by atoms with E-state index >= 15 is 0 Å². The first-order valence-corrected chi connectivity index (χ1v) is 7.32. The minimum atomic E-state index is -0.733. The number of esters is 1. The Hall–Kier alpha value is -2.53. The van der Waals surface area contributed by atoms with Crippen LogP contribution in [0.1, 0.15) is 17.3 Å². The van der Waals surface area contributed by atoms with E-state index in [0.29, 0.717) is 27.8 Å². The minimum absolute atomic E-state index is 0.0813. The number of halogens is 1. The summed E-state index contributed by atoms with van der Waals surface area (Å²) < 4.78 is 16.2. The molecule has 1 atom stereocenters. The molecule has 0 aliphatic carbocycles. The summed E-state index contributed by atoms with van der Waals surface area (Å²) in [5.41, 5.74) is 0.395. The van der Waals surface area contributed by atoms with Gasteiger partial charge in [0.15, 0.2) is 6.10 Å². The number of fused-ring (bicyclic) bond motifs is 1. The summed E-state index contributed by atoms with van der Waals surface area (Å²) in [6.07, 6.45) is -0.733. The second-order valence-corrected chi connectivity index (χ2v) is 5.42. The molecule has 0 spiro atoms. The maximum atomic E-state index is 12.5. The fourth-order valence-corrected chi connectivity index (χ4v) is 2.36. The van der Waals surface area contributed by atoms with Gasteiger partial charge in [-0.3, -0.25) is 9.59 Å². The van der Waals surface area contributed by atoms with Gasteiger partial charge in [-0.15, -0.1) is 0 Å². The molecule has 0 aromatic heterocycles. The molecule has 1 aliphatic heterocycles. The van der Waals surface area contributed by atoms with Crippen molar-refractivity contribution in [2.75, 3.05) is 6.61 Å². The van der Waals surface area contributed by atoms with Crippen LogP contribution >= 0.6 is 11.6 Å². The van der Waals surface area contributed by atoms with Crippen molar-refractivity contribution in [1.29, 1.82) is 0 Å². The van der Waals surface area contributed by atoms with E-state index in [1.54, 1.807) is 36.4 Å². The fraction of sp³-hybridized carbons (Fsp3) is 0.176. The van der Waals surface area contributed by atoms with Gasteiger partial charge in [-0.2, -0.15) is 0 Å². The summed E-state index contributed by atoms with van der Waals surface area (Å²) in [7, 11) is 0. The van der Waals surface area contributed by atoms with Crippen LogP contribution in [0.5, 0.6) is 17.2 Å². The average Bonchev–Trinajstić information content (AvgIpc) is 2.51. The second kappa shape index (κ2) is 6.30. The zero-order valence-electron chi connectivity index (χ0n) is 12.2. The maximum absolute atomic E-state index is 12.5. The van der Waals surface area contributed by atoms with Crippen LogP contribution in [0.4, 0.5) is 0 Å². The largest absolute Gasteiger partial charge is 0.488 e. The molecule has 2 aromatic rings. The van der Waals surface area contributed by atoms with Gasteiger partial charge in [0.1, 0.15) is 23.9 Å². The summed E-state index contributed by atoms with van der Waals surface area (Å²) in [6, 6.07) is 11.4. The van der Waals surface area contributed by atoms with Gasteiger partial charge in [-0.25, -0.2) is 0 Å². The molecule has 1 heterocycles. The van der Waals surface area contributed by atoms with Crippen molar-refractivity contribution in [3.8, 4) is 17.2 Å². The lowest BCUT2D eigenvalue weighted by molar-refractivity contribution is -0.131. The molecule has 0 amide bonds. The summed E-state index contributed by atoms with van der Waals surface area (Å²) in [6.45, 7) is 1.39. The van der Waals surface area contributed by atoms with Gasteiger partial charge in [-0.1, -0.05) is 11.6 Å². The van der Waals surface area contributed by atoms with E-state index in [2.05, 4.69) is 0 Å². The van der Waals surface area contributed by atoms with E-state index in [1.165, 1.54) is 13.0 Å². The topological polar surface area (TPSA) is 61.8 Å². The highest BCUT2D eigenvalue weighted by atomic mass is 35.5. The molecule has 6 heteroatoms. The molecular weight excluding hydrogens is 320 g/mol. The Morgan fingerprint density at radius 3 is 2.57 bits per heavy atom. The molecule has 2 aromatic carbocycles. The Balaban J connectivity index is 1.78. The Morgan fingerprint density at radius 1 is 1.17 bits per heavy atom. The minimum Gasteiger partial charge on any atom is -0.488 e. The zero-order chi connectivity index (χ0) is 16.4. The summed E-state index contributed by atoms with van der Waals surface area (Å²) in [5, 5.41) is 0.590. The highest BCUT2D eigenvalue weighted by Crippen LogP contribution is 2.30. The molecule has 0 saturated heterocycles. The first-order valence-electron chi connectivity index (χ1n) is 6.94. The summed E-state index contributed by atoms with van der Waals surface area (Å²) >= 11 is 5.82. The monoisotopic (exact) mass is 332 g/mol. The summed E-state index contributed by atoms with van der Waals surface area (Å²) in [5.74, 6) is 0.633. The first-order chi connectivity index (χ1) is 11.0. The van der Waals surface area contributed by atoms with Crippen molar-refractivity contribution in [2.45, 2.75) is 13.0 Å². The molecule has 0 fully saturated rings. The number of ether oxygens (including phenoxy) is 3. The van der Waals surface area contributed by atoms with Crippen molar-refractivity contribution >= 4 is 23.4 Å². The molecular formula is C17H13ClO5. The molecule has 0 radical (unpaired) electrons. The number of Topliss-reactive ketones (excluding diaryl/α,β-unsaturated/α-hetero) is 1. The molecule has 0 saturated carbocycles. The third-order valence-electron chi connectivity index (χ3n) is 3.25. The third-order valence-corrected chi connectivity index (χ3v) is 3.51. The van der Waals surface area contributed by atoms with E-state index in [1.807, 2.05) is 0 Å². The maximum Gasteiger partial charge on any atom is 0.308 e. The van der Waals surface area contributed by atoms with Crippen LogP contribution in [0.25, 0.3) is 0 Å². The van der Waals surface area contributed by atoms with Crippen LogP contribution in [0.15, 0.2) is 42.5 Å². The summed E-state index contributed by atoms with van der Waals surface area (Å²) in [4.78, 5) is 23.4. The Morgan fingerprint density at radius 2 is 1.87 bits per heavy atom. The van der Waals surface area contributed by atoms with Crippen LogP contribution in [-0.4, -0.2) is 24.5 Å². The number of ketones is 1. The fourth-order valence-electron chi connectivity index (χ4n) is 2.23. The van der Waals surface area contributed by atoms with E-state index in [9.17, 15) is 9.59 Å². The standard InChI is InChI=1S/C17H13ClO5/c1-10(19)22-13-6-7-14-15(8-13)21-9-16(17(14)20)23-12-4-2-11(18)3-5-12/h2-8,16H,9H2,1H3. The SMILES string of the molecule is CC(=O)Oc1ccc2c(c1)OCC(Oc1ccc(Cl)cc1)C2=O. The van der Waals surface area contributed by atoms with Crippen molar-refractivity contribution < 1.29 is 23.8 Å². The van der Waals surface area contributed by atoms with Crippen LogP contribution < -0.4 is 14.2 Å². The van der Waals surface area contributed by atoms with Crippen molar-refractivity contribution in [3.63, 3.8) is 0 Å². The van der Waals surface area contributed by atoms with Gasteiger partial charge < -0.3 is 14.2 Å². The highest BCUT2D eigenvalue weighted by Gasteiger charge is 2.31. The van der Waals surface area contributed by atoms with Crippen LogP contribution in [0.2, 0.25) is 5.02 Å². The van der Waals surface area contributed by atoms with Crippen LogP contribution in [0.3, 0.4) is 0 Å². The zero-order valence-corrected chi connectivity index (χ0v) is 13.0. The molecule has 1 aliphatic rings. The lowest BCUT2D eigenvalue weighted by Gasteiger charge is -2.25. The average molecular weight is 333 g/mol. The molecule has 5 nitrogen and oxygen atoms in total.